The fourth-order valence-corrected chi connectivity index (χ4v) is 3.06. The van der Waals surface area contributed by atoms with Crippen LogP contribution in [0.5, 0.6) is 0 Å². The third kappa shape index (κ3) is 4.50. The number of carboxylic acid groups (broad SMARTS) is 1. The summed E-state index contributed by atoms with van der Waals surface area (Å²) in [5.74, 6) is -1.74. The van der Waals surface area contributed by atoms with Crippen molar-refractivity contribution in [2.75, 3.05) is 19.8 Å². The number of amides is 1. The number of halogens is 3. The summed E-state index contributed by atoms with van der Waals surface area (Å²) >= 11 is 0. The van der Waals surface area contributed by atoms with Crippen molar-refractivity contribution in [3.63, 3.8) is 0 Å². The molecule has 3 rings (SSSR count). The van der Waals surface area contributed by atoms with Crippen LogP contribution in [0.25, 0.3) is 5.69 Å². The number of rotatable bonds is 5. The highest BCUT2D eigenvalue weighted by Gasteiger charge is 2.31. The zero-order valence-electron chi connectivity index (χ0n) is 14.7. The van der Waals surface area contributed by atoms with Crippen LogP contribution < -0.4 is 0 Å². The fourth-order valence-electron chi connectivity index (χ4n) is 3.06. The van der Waals surface area contributed by atoms with Crippen LogP contribution >= 0.6 is 0 Å². The van der Waals surface area contributed by atoms with Gasteiger partial charge >= 0.3 is 12.1 Å². The van der Waals surface area contributed by atoms with Crippen LogP contribution in [0.4, 0.5) is 13.2 Å². The Balaban J connectivity index is 1.85. The van der Waals surface area contributed by atoms with E-state index in [0.29, 0.717) is 26.1 Å². The smallest absolute Gasteiger partial charge is 0.416 e. The number of aliphatic carboxylic acids is 1. The SMILES string of the molecule is O=C(O)CN(C(=O)c1ccn(-c2cccc(C(F)(F)F)c2)n1)C1CCOCC1. The molecule has 1 amide bonds. The number of hydrogen-bond acceptors (Lipinski definition) is 4. The zero-order valence-corrected chi connectivity index (χ0v) is 14.7. The molecule has 10 heteroatoms. The van der Waals surface area contributed by atoms with Crippen LogP contribution in [-0.4, -0.2) is 57.5 Å². The fraction of sp³-hybridized carbons (Fsp3) is 0.389. The van der Waals surface area contributed by atoms with Crippen molar-refractivity contribution < 1.29 is 32.6 Å². The van der Waals surface area contributed by atoms with Crippen molar-refractivity contribution in [2.45, 2.75) is 25.1 Å². The molecule has 0 radical (unpaired) electrons. The highest BCUT2D eigenvalue weighted by atomic mass is 19.4. The maximum absolute atomic E-state index is 12.9. The minimum Gasteiger partial charge on any atom is -0.480 e. The molecule has 150 valence electrons. The molecule has 1 saturated heterocycles. The summed E-state index contributed by atoms with van der Waals surface area (Å²) in [7, 11) is 0. The number of nitrogens with zero attached hydrogens (tertiary/aromatic N) is 3. The lowest BCUT2D eigenvalue weighted by atomic mass is 10.1. The van der Waals surface area contributed by atoms with Crippen LogP contribution in [0.2, 0.25) is 0 Å². The monoisotopic (exact) mass is 397 g/mol. The number of aromatic nitrogens is 2. The van der Waals surface area contributed by atoms with Crippen LogP contribution in [0.3, 0.4) is 0 Å². The Hall–Kier alpha value is -2.88. The maximum atomic E-state index is 12.9. The summed E-state index contributed by atoms with van der Waals surface area (Å²) in [6.07, 6.45) is -2.12. The van der Waals surface area contributed by atoms with Gasteiger partial charge in [0.15, 0.2) is 5.69 Å². The molecule has 2 heterocycles. The van der Waals surface area contributed by atoms with E-state index in [9.17, 15) is 22.8 Å². The molecule has 28 heavy (non-hydrogen) atoms. The lowest BCUT2D eigenvalue weighted by Gasteiger charge is -2.32. The topological polar surface area (TPSA) is 84.7 Å². The first-order valence-corrected chi connectivity index (χ1v) is 8.59. The lowest BCUT2D eigenvalue weighted by molar-refractivity contribution is -0.139. The number of ether oxygens (including phenoxy) is 1. The number of carbonyl (C=O) groups is 2. The van der Waals surface area contributed by atoms with Crippen LogP contribution in [0.15, 0.2) is 36.5 Å². The van der Waals surface area contributed by atoms with Crippen molar-refractivity contribution >= 4 is 11.9 Å². The van der Waals surface area contributed by atoms with Crippen molar-refractivity contribution in [2.24, 2.45) is 0 Å². The van der Waals surface area contributed by atoms with Gasteiger partial charge in [-0.05, 0) is 37.1 Å². The van der Waals surface area contributed by atoms with E-state index in [-0.39, 0.29) is 17.4 Å². The highest BCUT2D eigenvalue weighted by Crippen LogP contribution is 2.30. The van der Waals surface area contributed by atoms with E-state index in [2.05, 4.69) is 5.10 Å². The van der Waals surface area contributed by atoms with Gasteiger partial charge in [0.25, 0.3) is 5.91 Å². The summed E-state index contributed by atoms with van der Waals surface area (Å²) in [6.45, 7) is 0.361. The van der Waals surface area contributed by atoms with Gasteiger partial charge in [-0.3, -0.25) is 9.59 Å². The quantitative estimate of drug-likeness (QED) is 0.839. The summed E-state index contributed by atoms with van der Waals surface area (Å²) in [6, 6.07) is 5.62. The van der Waals surface area contributed by atoms with Gasteiger partial charge in [0.1, 0.15) is 6.54 Å². The van der Waals surface area contributed by atoms with Crippen LogP contribution in [0.1, 0.15) is 28.9 Å². The first-order chi connectivity index (χ1) is 13.3. The summed E-state index contributed by atoms with van der Waals surface area (Å²) in [5.41, 5.74) is -0.724. The van der Waals surface area contributed by atoms with Crippen molar-refractivity contribution in [3.8, 4) is 5.69 Å². The van der Waals surface area contributed by atoms with Crippen molar-refractivity contribution in [3.05, 3.63) is 47.8 Å². The molecule has 1 N–H and O–H groups in total. The molecule has 0 bridgehead atoms. The van der Waals surface area contributed by atoms with E-state index < -0.39 is 30.2 Å². The Morgan fingerprint density at radius 1 is 1.25 bits per heavy atom. The van der Waals surface area contributed by atoms with Crippen LogP contribution in [-0.2, 0) is 15.7 Å². The molecule has 7 nitrogen and oxygen atoms in total. The number of carboxylic acids is 1. The average Bonchev–Trinajstić information content (AvgIpc) is 3.16. The molecule has 0 spiro atoms. The molecule has 1 aliphatic heterocycles. The molecule has 1 aromatic heterocycles. The lowest BCUT2D eigenvalue weighted by Crippen LogP contribution is -2.46. The molecule has 2 aromatic rings. The standard InChI is InChI=1S/C18H18F3N3O4/c19-18(20,21)12-2-1-3-14(10-12)24-7-4-15(22-24)17(27)23(11-16(25)26)13-5-8-28-9-6-13/h1-4,7,10,13H,5-6,8-9,11H2,(H,25,26). The van der Waals surface area contributed by atoms with E-state index in [1.165, 1.54) is 29.3 Å². The van der Waals surface area contributed by atoms with Gasteiger partial charge in [-0.15, -0.1) is 0 Å². The number of carbonyl (C=O) groups excluding carboxylic acids is 1. The van der Waals surface area contributed by atoms with E-state index >= 15 is 0 Å². The third-order valence-electron chi connectivity index (χ3n) is 4.44. The van der Waals surface area contributed by atoms with Crippen molar-refractivity contribution in [1.29, 1.82) is 0 Å². The van der Waals surface area contributed by atoms with E-state index in [0.717, 1.165) is 16.8 Å². The van der Waals surface area contributed by atoms with E-state index in [1.807, 2.05) is 0 Å². The first kappa shape index (κ1) is 19.9. The van der Waals surface area contributed by atoms with Crippen LogP contribution in [0, 0.1) is 0 Å². The van der Waals surface area contributed by atoms with E-state index in [1.54, 1.807) is 0 Å². The molecule has 1 aliphatic rings. The second-order valence-corrected chi connectivity index (χ2v) is 6.36. The minimum absolute atomic E-state index is 0.0369. The number of benzene rings is 1. The summed E-state index contributed by atoms with van der Waals surface area (Å²) in [5, 5.41) is 13.2. The van der Waals surface area contributed by atoms with E-state index in [4.69, 9.17) is 9.84 Å². The zero-order chi connectivity index (χ0) is 20.3. The Labute approximate surface area is 158 Å². The number of hydrogen-bond donors (Lipinski definition) is 1. The molecular weight excluding hydrogens is 379 g/mol. The van der Waals surface area contributed by atoms with Gasteiger partial charge in [0.05, 0.1) is 11.3 Å². The second kappa shape index (κ2) is 8.01. The summed E-state index contributed by atoms with van der Waals surface area (Å²) < 4.78 is 45.1. The third-order valence-corrected chi connectivity index (χ3v) is 4.44. The van der Waals surface area contributed by atoms with Crippen molar-refractivity contribution in [1.82, 2.24) is 14.7 Å². The molecule has 0 unspecified atom stereocenters. The molecule has 1 aromatic carbocycles. The first-order valence-electron chi connectivity index (χ1n) is 8.59. The normalized spacial score (nSPS) is 15.4. The highest BCUT2D eigenvalue weighted by molar-refractivity contribution is 5.94. The van der Waals surface area contributed by atoms with Gasteiger partial charge < -0.3 is 14.7 Å². The van der Waals surface area contributed by atoms with Gasteiger partial charge in [0.2, 0.25) is 0 Å². The molecule has 0 atom stereocenters. The minimum atomic E-state index is -4.50. The second-order valence-electron chi connectivity index (χ2n) is 6.36. The molecule has 1 fully saturated rings. The Kier molecular flexibility index (Phi) is 5.68. The summed E-state index contributed by atoms with van der Waals surface area (Å²) in [4.78, 5) is 25.2. The predicted octanol–water partition coefficient (Wildman–Crippen LogP) is 2.60. The number of alkyl halides is 3. The van der Waals surface area contributed by atoms with Gasteiger partial charge in [-0.1, -0.05) is 6.07 Å². The van der Waals surface area contributed by atoms with Gasteiger partial charge in [0, 0.05) is 25.5 Å². The van der Waals surface area contributed by atoms with Gasteiger partial charge in [-0.25, -0.2) is 4.68 Å². The Morgan fingerprint density at radius 2 is 1.96 bits per heavy atom. The Bertz CT molecular complexity index is 860. The molecule has 0 saturated carbocycles. The Morgan fingerprint density at radius 3 is 2.61 bits per heavy atom. The maximum Gasteiger partial charge on any atom is 0.416 e. The van der Waals surface area contributed by atoms with Gasteiger partial charge in [-0.2, -0.15) is 18.3 Å². The predicted molar refractivity (Wildman–Crippen MR) is 91.1 cm³/mol. The molecular formula is C18H18F3N3O4. The average molecular weight is 397 g/mol. The largest absolute Gasteiger partial charge is 0.480 e. The molecule has 0 aliphatic carbocycles.